The molecule has 3 heteroatoms. The molecule has 0 saturated carbocycles. The van der Waals surface area contributed by atoms with Crippen molar-refractivity contribution >= 4 is 0 Å². The van der Waals surface area contributed by atoms with Crippen molar-refractivity contribution in [2.75, 3.05) is 0 Å². The molecular weight excluding hydrogens is 284 g/mol. The summed E-state index contributed by atoms with van der Waals surface area (Å²) in [6.45, 7) is 12.1. The van der Waals surface area contributed by atoms with E-state index in [0.717, 1.165) is 6.42 Å². The van der Waals surface area contributed by atoms with Gasteiger partial charge in [0.2, 0.25) is 0 Å². The fourth-order valence-corrected chi connectivity index (χ4v) is 1.30. The van der Waals surface area contributed by atoms with Crippen molar-refractivity contribution in [3.63, 3.8) is 0 Å². The van der Waals surface area contributed by atoms with Crippen LogP contribution in [0.2, 0.25) is 0 Å². The molecule has 1 aromatic rings. The number of hydrogen-bond acceptors (Lipinski definition) is 2. The molecule has 1 rings (SSSR count). The minimum atomic E-state index is -2.00. The SMILES string of the molecule is C=C.[CH2-]CCCCCCCC.[O]=[Ti]=[O].[c-]1ccccc1. The minimum Gasteiger partial charge on any atom is -0.184 e. The Balaban J connectivity index is -0.000000226. The number of rotatable bonds is 6. The zero-order chi connectivity index (χ0) is 15.9. The molecule has 0 spiro atoms. The summed E-state index contributed by atoms with van der Waals surface area (Å²) in [4.78, 5) is 0. The molecule has 20 heavy (non-hydrogen) atoms. The predicted octanol–water partition coefficient (Wildman–Crippen LogP) is 5.62. The van der Waals surface area contributed by atoms with Crippen LogP contribution in [0.15, 0.2) is 43.5 Å². The van der Waals surface area contributed by atoms with Crippen LogP contribution in [0, 0.1) is 13.0 Å². The molecule has 0 aliphatic heterocycles. The minimum absolute atomic E-state index is 1.12. The van der Waals surface area contributed by atoms with E-state index in [1.807, 2.05) is 30.3 Å². The van der Waals surface area contributed by atoms with Gasteiger partial charge in [0.15, 0.2) is 0 Å². The van der Waals surface area contributed by atoms with Gasteiger partial charge in [0.1, 0.15) is 0 Å². The van der Waals surface area contributed by atoms with E-state index >= 15 is 0 Å². The summed E-state index contributed by atoms with van der Waals surface area (Å²) in [6.07, 6.45) is 9.45. The third-order valence-corrected chi connectivity index (χ3v) is 2.21. The molecular formula is C17H28O2Ti-2. The van der Waals surface area contributed by atoms with Crippen LogP contribution in [0.25, 0.3) is 0 Å². The first kappa shape index (κ1) is 24.3. The van der Waals surface area contributed by atoms with E-state index in [0.29, 0.717) is 0 Å². The van der Waals surface area contributed by atoms with Crippen LogP contribution in [0.4, 0.5) is 0 Å². The summed E-state index contributed by atoms with van der Waals surface area (Å²) >= 11 is -2.00. The van der Waals surface area contributed by atoms with Gasteiger partial charge in [-0.3, -0.25) is 0 Å². The molecule has 0 aromatic heterocycles. The standard InChI is InChI=1S/C9H19.C6H5.C2H4.2O.Ti/c1-3-5-7-9-8-6-4-2;1-2-4-6-5-3-1;1-2;;;/h1,3-9H2,2H3;1-5H;1-2H2;;;/q2*-1;;;;. The summed E-state index contributed by atoms with van der Waals surface area (Å²) in [5, 5.41) is 0. The van der Waals surface area contributed by atoms with Gasteiger partial charge in [-0.15, -0.1) is 13.2 Å². The summed E-state index contributed by atoms with van der Waals surface area (Å²) in [7, 11) is 0. The van der Waals surface area contributed by atoms with Crippen molar-refractivity contribution in [2.24, 2.45) is 0 Å². The van der Waals surface area contributed by atoms with Gasteiger partial charge in [0.05, 0.1) is 0 Å². The summed E-state index contributed by atoms with van der Waals surface area (Å²) in [5.41, 5.74) is 0. The Kier molecular flexibility index (Phi) is 37.6. The van der Waals surface area contributed by atoms with Gasteiger partial charge >= 0.3 is 25.7 Å². The molecule has 0 aliphatic carbocycles. The molecule has 0 atom stereocenters. The predicted molar refractivity (Wildman–Crippen MR) is 81.3 cm³/mol. The van der Waals surface area contributed by atoms with Gasteiger partial charge in [-0.1, -0.05) is 45.4 Å². The van der Waals surface area contributed by atoms with Crippen LogP contribution in [0.3, 0.4) is 0 Å². The van der Waals surface area contributed by atoms with Crippen molar-refractivity contribution in [1.82, 2.24) is 0 Å². The van der Waals surface area contributed by atoms with Crippen LogP contribution in [-0.4, -0.2) is 0 Å². The van der Waals surface area contributed by atoms with Crippen LogP contribution in [0.1, 0.15) is 51.9 Å². The number of benzene rings is 1. The molecule has 0 fully saturated rings. The van der Waals surface area contributed by atoms with Crippen LogP contribution < -0.4 is 0 Å². The van der Waals surface area contributed by atoms with Gasteiger partial charge < -0.3 is 6.92 Å². The second-order valence-electron chi connectivity index (χ2n) is 3.78. The molecule has 114 valence electrons. The third-order valence-electron chi connectivity index (χ3n) is 2.21. The van der Waals surface area contributed by atoms with Gasteiger partial charge in [0.25, 0.3) is 0 Å². The second kappa shape index (κ2) is 30.9. The Morgan fingerprint density at radius 2 is 1.40 bits per heavy atom. The first-order chi connectivity index (χ1) is 9.83. The Labute approximate surface area is 134 Å². The molecule has 0 bridgehead atoms. The van der Waals surface area contributed by atoms with Crippen LogP contribution in [-0.2, 0) is 25.7 Å². The van der Waals surface area contributed by atoms with Crippen molar-refractivity contribution in [2.45, 2.75) is 51.9 Å². The van der Waals surface area contributed by atoms with E-state index in [-0.39, 0.29) is 0 Å². The Morgan fingerprint density at radius 1 is 0.950 bits per heavy atom. The Bertz CT molecular complexity index is 237. The van der Waals surface area contributed by atoms with Gasteiger partial charge in [-0.25, -0.2) is 0 Å². The molecule has 0 saturated heterocycles. The topological polar surface area (TPSA) is 34.1 Å². The van der Waals surface area contributed by atoms with E-state index < -0.39 is 19.1 Å². The maximum atomic E-state index is 8.50. The van der Waals surface area contributed by atoms with Gasteiger partial charge in [-0.05, 0) is 0 Å². The van der Waals surface area contributed by atoms with Crippen LogP contribution in [0.5, 0.6) is 0 Å². The Hall–Kier alpha value is -0.726. The summed E-state index contributed by atoms with van der Waals surface area (Å²) in [6, 6.07) is 12.5. The average Bonchev–Trinajstić information content (AvgIpc) is 2.52. The zero-order valence-electron chi connectivity index (χ0n) is 12.8. The third kappa shape index (κ3) is 36.0. The van der Waals surface area contributed by atoms with E-state index in [4.69, 9.17) is 6.65 Å². The number of hydrogen-bond donors (Lipinski definition) is 0. The second-order valence-corrected chi connectivity index (χ2v) is 4.04. The Morgan fingerprint density at radius 3 is 1.70 bits per heavy atom. The normalized spacial score (nSPS) is 7.50. The molecule has 1 aromatic carbocycles. The van der Waals surface area contributed by atoms with E-state index in [2.05, 4.69) is 33.1 Å². The molecule has 0 N–H and O–H groups in total. The first-order valence-electron chi connectivity index (χ1n) is 7.03. The monoisotopic (exact) mass is 312 g/mol. The summed E-state index contributed by atoms with van der Waals surface area (Å²) in [5.74, 6) is 0. The van der Waals surface area contributed by atoms with Gasteiger partial charge in [0, 0.05) is 0 Å². The molecule has 0 radical (unpaired) electrons. The molecule has 0 aliphatic rings. The van der Waals surface area contributed by atoms with Crippen molar-refractivity contribution in [1.29, 1.82) is 0 Å². The smallest absolute Gasteiger partial charge is 0.171 e. The van der Waals surface area contributed by atoms with E-state index in [1.54, 1.807) is 0 Å². The van der Waals surface area contributed by atoms with Crippen molar-refractivity contribution < 1.29 is 25.7 Å². The number of unbranched alkanes of at least 4 members (excludes halogenated alkanes) is 6. The van der Waals surface area contributed by atoms with Crippen molar-refractivity contribution in [3.8, 4) is 0 Å². The summed E-state index contributed by atoms with van der Waals surface area (Å²) < 4.78 is 17.0. The fourth-order valence-electron chi connectivity index (χ4n) is 1.30. The fraction of sp³-hybridized carbons (Fsp3) is 0.471. The molecule has 0 heterocycles. The largest absolute Gasteiger partial charge is 0.184 e. The average molecular weight is 312 g/mol. The molecule has 0 unspecified atom stereocenters. The quantitative estimate of drug-likeness (QED) is 0.296. The first-order valence-corrected chi connectivity index (χ1v) is 8.30. The maximum absolute atomic E-state index is 8.50. The van der Waals surface area contributed by atoms with E-state index in [9.17, 15) is 0 Å². The zero-order valence-corrected chi connectivity index (χ0v) is 14.3. The maximum Gasteiger partial charge on any atom is -0.171 e. The van der Waals surface area contributed by atoms with Crippen molar-refractivity contribution in [3.05, 3.63) is 56.5 Å². The molecule has 2 nitrogen and oxygen atoms in total. The molecule has 0 amide bonds. The van der Waals surface area contributed by atoms with Gasteiger partial charge in [-0.2, -0.15) is 42.8 Å². The van der Waals surface area contributed by atoms with E-state index in [1.165, 1.54) is 38.5 Å². The van der Waals surface area contributed by atoms with Crippen LogP contribution >= 0.6 is 0 Å².